The molecule has 0 aliphatic heterocycles. The van der Waals surface area contributed by atoms with Gasteiger partial charge in [-0.3, -0.25) is 4.79 Å². The number of hydrogen-bond acceptors (Lipinski definition) is 3. The number of ether oxygens (including phenoxy) is 1. The maximum atomic E-state index is 10.6. The van der Waals surface area contributed by atoms with Gasteiger partial charge in [0.2, 0.25) is 0 Å². The zero-order valence-corrected chi connectivity index (χ0v) is 8.93. The molecule has 0 aromatic carbocycles. The molecule has 3 N–H and O–H groups in total. The van der Waals surface area contributed by atoms with Gasteiger partial charge in [0, 0.05) is 0 Å². The van der Waals surface area contributed by atoms with Gasteiger partial charge in [-0.1, -0.05) is 12.0 Å². The van der Waals surface area contributed by atoms with Crippen LogP contribution in [0.25, 0.3) is 0 Å². The first-order valence-corrected chi connectivity index (χ1v) is 5.06. The van der Waals surface area contributed by atoms with Crippen LogP contribution in [0.5, 0.6) is 0 Å². The first-order valence-electron chi connectivity index (χ1n) is 5.06. The van der Waals surface area contributed by atoms with Crippen molar-refractivity contribution >= 4 is 5.97 Å². The molecular formula is C12H15NO3. The van der Waals surface area contributed by atoms with Crippen LogP contribution in [0.3, 0.4) is 0 Å². The van der Waals surface area contributed by atoms with Crippen molar-refractivity contribution in [2.45, 2.75) is 18.9 Å². The molecule has 0 saturated heterocycles. The Kier molecular flexibility index (Phi) is 4.62. The molecule has 1 rings (SSSR count). The monoisotopic (exact) mass is 221 g/mol. The number of carboxylic acid groups (broad SMARTS) is 1. The third kappa shape index (κ3) is 3.79. The zero-order valence-electron chi connectivity index (χ0n) is 8.93. The van der Waals surface area contributed by atoms with E-state index in [9.17, 15) is 4.79 Å². The standard InChI is InChI=1S/C12H15NO3/c1-2-7-16-10-5-3-9(4-6-10)8-11(13)12(14)15/h1,3,5-6,9,11H,4,7-8,13H2,(H,14,15). The second kappa shape index (κ2) is 5.99. The van der Waals surface area contributed by atoms with Crippen LogP contribution in [0.4, 0.5) is 0 Å². The van der Waals surface area contributed by atoms with Gasteiger partial charge < -0.3 is 15.6 Å². The summed E-state index contributed by atoms with van der Waals surface area (Å²) in [6.45, 7) is 0.246. The predicted molar refractivity (Wildman–Crippen MR) is 60.3 cm³/mol. The Morgan fingerprint density at radius 2 is 2.56 bits per heavy atom. The Bertz CT molecular complexity index is 352. The molecule has 0 radical (unpaired) electrons. The van der Waals surface area contributed by atoms with E-state index in [1.165, 1.54) is 0 Å². The lowest BCUT2D eigenvalue weighted by atomic mass is 9.93. The van der Waals surface area contributed by atoms with Crippen LogP contribution in [-0.2, 0) is 9.53 Å². The van der Waals surface area contributed by atoms with Crippen LogP contribution in [0.2, 0.25) is 0 Å². The maximum Gasteiger partial charge on any atom is 0.320 e. The van der Waals surface area contributed by atoms with Crippen molar-refractivity contribution in [3.8, 4) is 12.3 Å². The smallest absolute Gasteiger partial charge is 0.320 e. The number of terminal acetylenes is 1. The molecule has 0 bridgehead atoms. The van der Waals surface area contributed by atoms with Crippen LogP contribution in [0, 0.1) is 18.3 Å². The number of carboxylic acids is 1. The average Bonchev–Trinajstić information content (AvgIpc) is 2.28. The van der Waals surface area contributed by atoms with Gasteiger partial charge in [-0.2, -0.15) is 0 Å². The fourth-order valence-corrected chi connectivity index (χ4v) is 1.48. The van der Waals surface area contributed by atoms with Gasteiger partial charge in [0.1, 0.15) is 18.4 Å². The first-order chi connectivity index (χ1) is 7.63. The number of nitrogens with two attached hydrogens (primary N) is 1. The van der Waals surface area contributed by atoms with E-state index in [-0.39, 0.29) is 12.5 Å². The largest absolute Gasteiger partial charge is 0.481 e. The molecule has 0 aromatic heterocycles. The minimum atomic E-state index is -0.966. The highest BCUT2D eigenvalue weighted by molar-refractivity contribution is 5.73. The molecular weight excluding hydrogens is 206 g/mol. The predicted octanol–water partition coefficient (Wildman–Crippen LogP) is 0.898. The SMILES string of the molecule is C#CCOC1=CCC(CC(N)C(=O)O)C=C1. The van der Waals surface area contributed by atoms with Crippen LogP contribution in [-0.4, -0.2) is 23.7 Å². The Balaban J connectivity index is 2.38. The number of carbonyl (C=O) groups is 1. The Morgan fingerprint density at radius 3 is 3.06 bits per heavy atom. The summed E-state index contributed by atoms with van der Waals surface area (Å²) in [5.41, 5.74) is 5.45. The third-order valence-electron chi connectivity index (χ3n) is 2.35. The van der Waals surface area contributed by atoms with Crippen LogP contribution in [0.15, 0.2) is 24.0 Å². The molecule has 2 unspecified atom stereocenters. The van der Waals surface area contributed by atoms with Gasteiger partial charge >= 0.3 is 5.97 Å². The van der Waals surface area contributed by atoms with Crippen molar-refractivity contribution in [3.05, 3.63) is 24.0 Å². The van der Waals surface area contributed by atoms with E-state index in [1.807, 2.05) is 12.2 Å². The zero-order chi connectivity index (χ0) is 12.0. The Labute approximate surface area is 94.8 Å². The summed E-state index contributed by atoms with van der Waals surface area (Å²) in [5.74, 6) is 2.30. The van der Waals surface area contributed by atoms with Crippen LogP contribution in [0.1, 0.15) is 12.8 Å². The Morgan fingerprint density at radius 1 is 1.81 bits per heavy atom. The quantitative estimate of drug-likeness (QED) is 0.676. The van der Waals surface area contributed by atoms with Gasteiger partial charge in [0.25, 0.3) is 0 Å². The molecule has 0 saturated carbocycles. The molecule has 0 heterocycles. The van der Waals surface area contributed by atoms with Crippen molar-refractivity contribution in [3.63, 3.8) is 0 Å². The van der Waals surface area contributed by atoms with Crippen molar-refractivity contribution in [1.29, 1.82) is 0 Å². The van der Waals surface area contributed by atoms with Gasteiger partial charge in [0.15, 0.2) is 0 Å². The average molecular weight is 221 g/mol. The van der Waals surface area contributed by atoms with E-state index in [0.29, 0.717) is 6.42 Å². The fraction of sp³-hybridized carbons (Fsp3) is 0.417. The number of allylic oxidation sites excluding steroid dienone is 3. The van der Waals surface area contributed by atoms with Crippen molar-refractivity contribution in [2.24, 2.45) is 11.7 Å². The lowest BCUT2D eigenvalue weighted by Crippen LogP contribution is -2.32. The molecule has 4 nitrogen and oxygen atoms in total. The van der Waals surface area contributed by atoms with E-state index in [1.54, 1.807) is 6.08 Å². The second-order valence-corrected chi connectivity index (χ2v) is 3.63. The summed E-state index contributed by atoms with van der Waals surface area (Å²) in [5, 5.41) is 8.67. The maximum absolute atomic E-state index is 10.6. The first kappa shape index (κ1) is 12.3. The molecule has 2 atom stereocenters. The minimum Gasteiger partial charge on any atom is -0.481 e. The normalized spacial score (nSPS) is 20.8. The summed E-state index contributed by atoms with van der Waals surface area (Å²) in [6.07, 6.45) is 11.8. The lowest BCUT2D eigenvalue weighted by Gasteiger charge is -2.17. The van der Waals surface area contributed by atoms with E-state index in [4.69, 9.17) is 22.0 Å². The highest BCUT2D eigenvalue weighted by Crippen LogP contribution is 2.20. The van der Waals surface area contributed by atoms with Crippen molar-refractivity contribution < 1.29 is 14.6 Å². The molecule has 4 heteroatoms. The second-order valence-electron chi connectivity index (χ2n) is 3.63. The molecule has 16 heavy (non-hydrogen) atoms. The van der Waals surface area contributed by atoms with Gasteiger partial charge in [-0.25, -0.2) is 0 Å². The summed E-state index contributed by atoms with van der Waals surface area (Å²) in [7, 11) is 0. The van der Waals surface area contributed by atoms with Gasteiger partial charge in [-0.05, 0) is 30.9 Å². The lowest BCUT2D eigenvalue weighted by molar-refractivity contribution is -0.138. The molecule has 86 valence electrons. The van der Waals surface area contributed by atoms with Crippen LogP contribution >= 0.6 is 0 Å². The van der Waals surface area contributed by atoms with E-state index in [0.717, 1.165) is 12.2 Å². The van der Waals surface area contributed by atoms with Gasteiger partial charge in [-0.15, -0.1) is 6.42 Å². The fourth-order valence-electron chi connectivity index (χ4n) is 1.48. The molecule has 0 fully saturated rings. The van der Waals surface area contributed by atoms with Gasteiger partial charge in [0.05, 0.1) is 0 Å². The Hall–Kier alpha value is -1.73. The third-order valence-corrected chi connectivity index (χ3v) is 2.35. The molecule has 0 aromatic rings. The molecule has 1 aliphatic rings. The number of rotatable bonds is 5. The topological polar surface area (TPSA) is 72.5 Å². The summed E-state index contributed by atoms with van der Waals surface area (Å²) < 4.78 is 5.22. The summed E-state index contributed by atoms with van der Waals surface area (Å²) >= 11 is 0. The van der Waals surface area contributed by atoms with E-state index in [2.05, 4.69) is 5.92 Å². The molecule has 0 spiro atoms. The van der Waals surface area contributed by atoms with Crippen molar-refractivity contribution in [1.82, 2.24) is 0 Å². The molecule has 1 aliphatic carbocycles. The highest BCUT2D eigenvalue weighted by atomic mass is 16.5. The summed E-state index contributed by atoms with van der Waals surface area (Å²) in [6, 6.07) is -0.809. The minimum absolute atomic E-state index is 0.157. The van der Waals surface area contributed by atoms with E-state index < -0.39 is 12.0 Å². The van der Waals surface area contributed by atoms with Crippen molar-refractivity contribution in [2.75, 3.05) is 6.61 Å². The highest BCUT2D eigenvalue weighted by Gasteiger charge is 2.18. The van der Waals surface area contributed by atoms with E-state index >= 15 is 0 Å². The number of aliphatic carboxylic acids is 1. The van der Waals surface area contributed by atoms with Crippen LogP contribution < -0.4 is 5.73 Å². The molecule has 0 amide bonds. The number of hydrogen-bond donors (Lipinski definition) is 2. The summed E-state index contributed by atoms with van der Waals surface area (Å²) in [4.78, 5) is 10.6.